The van der Waals surface area contributed by atoms with Gasteiger partial charge in [0, 0.05) is 19.1 Å². The van der Waals surface area contributed by atoms with Crippen LogP contribution in [0.25, 0.3) is 0 Å². The molecule has 2 rings (SSSR count). The molecule has 0 radical (unpaired) electrons. The molecule has 5 heteroatoms. The molecule has 1 amide bonds. The lowest BCUT2D eigenvalue weighted by atomic mass is 9.96. The number of likely N-dealkylation sites (tertiary alicyclic amines) is 1. The molecule has 0 unspecified atom stereocenters. The number of hydrogen-bond donors (Lipinski definition) is 0. The fourth-order valence-electron chi connectivity index (χ4n) is 3.21. The summed E-state index contributed by atoms with van der Waals surface area (Å²) in [6, 6.07) is 6.49. The lowest BCUT2D eigenvalue weighted by molar-refractivity contribution is 0.0198. The maximum absolute atomic E-state index is 13.3. The van der Waals surface area contributed by atoms with E-state index in [2.05, 4.69) is 6.92 Å². The van der Waals surface area contributed by atoms with Gasteiger partial charge in [0.1, 0.15) is 11.4 Å². The quantitative estimate of drug-likeness (QED) is 0.629. The standard InChI is InChI=1S/C21H32FNO3/c1-5-6-7-8-13-25-19-15-23(20(24)26-21(2,3)4)14-18(19)16-9-11-17(22)12-10-16/h9-12,18-19H,5-8,13-15H2,1-4H3/t18-,19+/m0/s1. The molecule has 26 heavy (non-hydrogen) atoms. The number of amides is 1. The van der Waals surface area contributed by atoms with Gasteiger partial charge >= 0.3 is 6.09 Å². The van der Waals surface area contributed by atoms with E-state index in [1.807, 2.05) is 20.8 Å². The van der Waals surface area contributed by atoms with E-state index in [9.17, 15) is 9.18 Å². The van der Waals surface area contributed by atoms with Gasteiger partial charge in [-0.15, -0.1) is 0 Å². The first-order valence-corrected chi connectivity index (χ1v) is 9.65. The molecule has 1 aromatic rings. The first kappa shape index (κ1) is 20.7. The maximum Gasteiger partial charge on any atom is 0.410 e. The zero-order chi connectivity index (χ0) is 19.2. The van der Waals surface area contributed by atoms with Crippen molar-refractivity contribution in [1.82, 2.24) is 4.90 Å². The summed E-state index contributed by atoms with van der Waals surface area (Å²) in [7, 11) is 0. The molecule has 0 spiro atoms. The fraction of sp³-hybridized carbons (Fsp3) is 0.667. The van der Waals surface area contributed by atoms with E-state index < -0.39 is 5.60 Å². The topological polar surface area (TPSA) is 38.8 Å². The van der Waals surface area contributed by atoms with Gasteiger partial charge in [-0.2, -0.15) is 0 Å². The van der Waals surface area contributed by atoms with Crippen LogP contribution in [0, 0.1) is 5.82 Å². The van der Waals surface area contributed by atoms with Crippen molar-refractivity contribution in [3.8, 4) is 0 Å². The number of ether oxygens (including phenoxy) is 2. The molecule has 1 aliphatic rings. The molecule has 1 aliphatic heterocycles. The van der Waals surface area contributed by atoms with Gasteiger partial charge in [0.05, 0.1) is 12.6 Å². The number of hydrogen-bond acceptors (Lipinski definition) is 3. The third-order valence-electron chi connectivity index (χ3n) is 4.55. The average Bonchev–Trinajstić information content (AvgIpc) is 2.98. The first-order chi connectivity index (χ1) is 12.3. The molecule has 0 N–H and O–H groups in total. The highest BCUT2D eigenvalue weighted by atomic mass is 19.1. The predicted octanol–water partition coefficient (Wildman–Crippen LogP) is 5.13. The van der Waals surface area contributed by atoms with Gasteiger partial charge in [-0.25, -0.2) is 9.18 Å². The van der Waals surface area contributed by atoms with E-state index in [4.69, 9.17) is 9.47 Å². The Hall–Kier alpha value is -1.62. The van der Waals surface area contributed by atoms with Crippen LogP contribution in [0.5, 0.6) is 0 Å². The van der Waals surface area contributed by atoms with E-state index in [1.54, 1.807) is 17.0 Å². The van der Waals surface area contributed by atoms with Crippen LogP contribution in [0.3, 0.4) is 0 Å². The maximum atomic E-state index is 13.3. The molecule has 0 saturated carbocycles. The van der Waals surface area contributed by atoms with Crippen molar-refractivity contribution in [2.24, 2.45) is 0 Å². The second-order valence-electron chi connectivity index (χ2n) is 8.01. The highest BCUT2D eigenvalue weighted by molar-refractivity contribution is 5.69. The van der Waals surface area contributed by atoms with Crippen molar-refractivity contribution in [1.29, 1.82) is 0 Å². The molecule has 0 aromatic heterocycles. The monoisotopic (exact) mass is 365 g/mol. The Morgan fingerprint density at radius 2 is 1.85 bits per heavy atom. The lowest BCUT2D eigenvalue weighted by Gasteiger charge is -2.24. The summed E-state index contributed by atoms with van der Waals surface area (Å²) in [6.45, 7) is 9.48. The van der Waals surface area contributed by atoms with Crippen LogP contribution >= 0.6 is 0 Å². The summed E-state index contributed by atoms with van der Waals surface area (Å²) in [5.74, 6) is -0.220. The van der Waals surface area contributed by atoms with Gasteiger partial charge < -0.3 is 14.4 Å². The third kappa shape index (κ3) is 6.27. The molecule has 1 saturated heterocycles. The molecular formula is C21H32FNO3. The second kappa shape index (κ2) is 9.36. The average molecular weight is 365 g/mol. The van der Waals surface area contributed by atoms with Crippen LogP contribution in [0.2, 0.25) is 0 Å². The highest BCUT2D eigenvalue weighted by Crippen LogP contribution is 2.31. The molecule has 146 valence electrons. The minimum absolute atomic E-state index is 0.0364. The van der Waals surface area contributed by atoms with Crippen LogP contribution in [0.15, 0.2) is 24.3 Å². The van der Waals surface area contributed by atoms with Crippen LogP contribution in [0.1, 0.15) is 64.9 Å². The van der Waals surface area contributed by atoms with E-state index in [0.29, 0.717) is 19.7 Å². The van der Waals surface area contributed by atoms with Crippen LogP contribution in [-0.2, 0) is 9.47 Å². The number of rotatable bonds is 7. The Morgan fingerprint density at radius 3 is 2.46 bits per heavy atom. The first-order valence-electron chi connectivity index (χ1n) is 9.65. The Kier molecular flexibility index (Phi) is 7.44. The van der Waals surface area contributed by atoms with Gasteiger partial charge in [-0.1, -0.05) is 38.3 Å². The normalized spacial score (nSPS) is 20.4. The SMILES string of the molecule is CCCCCCO[C@@H]1CN(C(=O)OC(C)(C)C)C[C@H]1c1ccc(F)cc1. The highest BCUT2D eigenvalue weighted by Gasteiger charge is 2.38. The third-order valence-corrected chi connectivity index (χ3v) is 4.55. The molecule has 0 aliphatic carbocycles. The van der Waals surface area contributed by atoms with Crippen molar-refractivity contribution in [3.05, 3.63) is 35.6 Å². The summed E-state index contributed by atoms with van der Waals surface area (Å²) in [5.41, 5.74) is 0.470. The molecule has 2 atom stereocenters. The molecule has 1 fully saturated rings. The van der Waals surface area contributed by atoms with Crippen molar-refractivity contribution in [2.45, 2.75) is 71.0 Å². The van der Waals surface area contributed by atoms with Gasteiger partial charge in [0.25, 0.3) is 0 Å². The number of halogens is 1. The number of benzene rings is 1. The van der Waals surface area contributed by atoms with E-state index in [-0.39, 0.29) is 23.9 Å². The molecule has 4 nitrogen and oxygen atoms in total. The van der Waals surface area contributed by atoms with Gasteiger partial charge in [-0.3, -0.25) is 0 Å². The van der Waals surface area contributed by atoms with E-state index >= 15 is 0 Å². The predicted molar refractivity (Wildman–Crippen MR) is 101 cm³/mol. The number of carbonyl (C=O) groups is 1. The minimum Gasteiger partial charge on any atom is -0.444 e. The van der Waals surface area contributed by atoms with Crippen molar-refractivity contribution in [3.63, 3.8) is 0 Å². The smallest absolute Gasteiger partial charge is 0.410 e. The Bertz CT molecular complexity index is 568. The fourth-order valence-corrected chi connectivity index (χ4v) is 3.21. The summed E-state index contributed by atoms with van der Waals surface area (Å²) in [6.07, 6.45) is 4.16. The number of nitrogens with zero attached hydrogens (tertiary/aromatic N) is 1. The van der Waals surface area contributed by atoms with E-state index in [0.717, 1.165) is 18.4 Å². The van der Waals surface area contributed by atoms with Crippen LogP contribution in [-0.4, -0.2) is 42.4 Å². The zero-order valence-electron chi connectivity index (χ0n) is 16.5. The zero-order valence-corrected chi connectivity index (χ0v) is 16.5. The largest absolute Gasteiger partial charge is 0.444 e. The van der Waals surface area contributed by atoms with Crippen LogP contribution in [0.4, 0.5) is 9.18 Å². The number of carbonyl (C=O) groups excluding carboxylic acids is 1. The minimum atomic E-state index is -0.526. The molecule has 1 aromatic carbocycles. The van der Waals surface area contributed by atoms with Gasteiger partial charge in [0.2, 0.25) is 0 Å². The number of unbranched alkanes of at least 4 members (excludes halogenated alkanes) is 3. The molecule has 0 bridgehead atoms. The Morgan fingerprint density at radius 1 is 1.15 bits per heavy atom. The van der Waals surface area contributed by atoms with E-state index in [1.165, 1.54) is 25.0 Å². The Balaban J connectivity index is 2.03. The Labute approximate surface area is 156 Å². The van der Waals surface area contributed by atoms with Gasteiger partial charge in [-0.05, 0) is 44.9 Å². The van der Waals surface area contributed by atoms with Crippen molar-refractivity contribution >= 4 is 6.09 Å². The summed E-state index contributed by atoms with van der Waals surface area (Å²) in [5, 5.41) is 0. The van der Waals surface area contributed by atoms with Gasteiger partial charge in [0.15, 0.2) is 0 Å². The van der Waals surface area contributed by atoms with Crippen molar-refractivity contribution in [2.75, 3.05) is 19.7 Å². The van der Waals surface area contributed by atoms with Crippen molar-refractivity contribution < 1.29 is 18.7 Å². The summed E-state index contributed by atoms with van der Waals surface area (Å²) < 4.78 is 24.9. The summed E-state index contributed by atoms with van der Waals surface area (Å²) in [4.78, 5) is 14.1. The van der Waals surface area contributed by atoms with Crippen LogP contribution < -0.4 is 0 Å². The second-order valence-corrected chi connectivity index (χ2v) is 8.01. The summed E-state index contributed by atoms with van der Waals surface area (Å²) >= 11 is 0. The molecular weight excluding hydrogens is 333 g/mol. The molecule has 1 heterocycles. The lowest BCUT2D eigenvalue weighted by Crippen LogP contribution is -2.36.